The summed E-state index contributed by atoms with van der Waals surface area (Å²) in [5.41, 5.74) is 2.40. The van der Waals surface area contributed by atoms with Crippen molar-refractivity contribution in [3.05, 3.63) is 15.9 Å². The summed E-state index contributed by atoms with van der Waals surface area (Å²) in [6, 6.07) is 0. The molecule has 116 valence electrons. The van der Waals surface area contributed by atoms with Crippen LogP contribution in [-0.4, -0.2) is 16.3 Å². The van der Waals surface area contributed by atoms with E-state index in [0.717, 1.165) is 31.1 Å². The summed E-state index contributed by atoms with van der Waals surface area (Å²) in [7, 11) is 2.02. The van der Waals surface area contributed by atoms with Crippen LogP contribution in [0.1, 0.15) is 64.3 Å². The highest BCUT2D eigenvalue weighted by atomic mass is 79.9. The van der Waals surface area contributed by atoms with Crippen molar-refractivity contribution in [3.8, 4) is 0 Å². The third kappa shape index (κ3) is 5.96. The third-order valence-electron chi connectivity index (χ3n) is 3.68. The molecule has 0 radical (unpaired) electrons. The largest absolute Gasteiger partial charge is 0.311 e. The predicted octanol–water partition coefficient (Wildman–Crippen LogP) is 4.44. The molecule has 1 N–H and O–H groups in total. The summed E-state index contributed by atoms with van der Waals surface area (Å²) in [4.78, 5) is 0. The van der Waals surface area contributed by atoms with Gasteiger partial charge >= 0.3 is 0 Å². The molecule has 4 heteroatoms. The molecule has 0 bridgehead atoms. The van der Waals surface area contributed by atoms with Gasteiger partial charge in [0.2, 0.25) is 0 Å². The second-order valence-electron chi connectivity index (χ2n) is 5.96. The molecule has 0 aliphatic carbocycles. The van der Waals surface area contributed by atoms with E-state index in [2.05, 4.69) is 47.1 Å². The molecule has 0 saturated heterocycles. The number of unbranched alkanes of at least 4 members (excludes halogenated alkanes) is 3. The number of aryl methyl sites for hydroxylation is 2. The fourth-order valence-corrected chi connectivity index (χ4v) is 3.13. The lowest BCUT2D eigenvalue weighted by molar-refractivity contribution is 0.510. The fourth-order valence-electron chi connectivity index (χ4n) is 2.37. The summed E-state index contributed by atoms with van der Waals surface area (Å²) in [6.07, 6.45) is 7.71. The quantitative estimate of drug-likeness (QED) is 0.636. The van der Waals surface area contributed by atoms with E-state index < -0.39 is 0 Å². The number of rotatable bonds is 10. The number of nitrogens with one attached hydrogen (secondary N) is 1. The van der Waals surface area contributed by atoms with Crippen LogP contribution in [0.4, 0.5) is 0 Å². The van der Waals surface area contributed by atoms with Crippen LogP contribution >= 0.6 is 15.9 Å². The van der Waals surface area contributed by atoms with Crippen LogP contribution in [0.5, 0.6) is 0 Å². The molecular weight excluding hydrogens is 314 g/mol. The van der Waals surface area contributed by atoms with Gasteiger partial charge in [-0.25, -0.2) is 0 Å². The molecule has 0 unspecified atom stereocenters. The van der Waals surface area contributed by atoms with Gasteiger partial charge < -0.3 is 5.32 Å². The zero-order valence-electron chi connectivity index (χ0n) is 13.5. The molecular formula is C16H30BrN3. The zero-order valence-corrected chi connectivity index (χ0v) is 15.1. The van der Waals surface area contributed by atoms with Crippen LogP contribution in [0.25, 0.3) is 0 Å². The average molecular weight is 344 g/mol. The number of aromatic nitrogens is 2. The highest BCUT2D eigenvalue weighted by Crippen LogP contribution is 2.21. The number of hydrogen-bond donors (Lipinski definition) is 1. The summed E-state index contributed by atoms with van der Waals surface area (Å²) in [6.45, 7) is 8.74. The van der Waals surface area contributed by atoms with E-state index in [0.29, 0.717) is 0 Å². The number of halogens is 1. The van der Waals surface area contributed by atoms with E-state index in [9.17, 15) is 0 Å². The average Bonchev–Trinajstić information content (AvgIpc) is 2.68. The molecule has 1 rings (SSSR count). The first kappa shape index (κ1) is 17.7. The van der Waals surface area contributed by atoms with E-state index in [1.807, 2.05) is 11.7 Å². The Balaban J connectivity index is 2.14. The van der Waals surface area contributed by atoms with Crippen LogP contribution < -0.4 is 5.32 Å². The molecule has 0 aromatic carbocycles. The van der Waals surface area contributed by atoms with Gasteiger partial charge in [0.25, 0.3) is 0 Å². The van der Waals surface area contributed by atoms with E-state index in [1.165, 1.54) is 42.3 Å². The Morgan fingerprint density at radius 3 is 2.50 bits per heavy atom. The Morgan fingerprint density at radius 1 is 1.20 bits per heavy atom. The van der Waals surface area contributed by atoms with Crippen LogP contribution in [0.3, 0.4) is 0 Å². The van der Waals surface area contributed by atoms with Crippen molar-refractivity contribution < 1.29 is 0 Å². The summed E-state index contributed by atoms with van der Waals surface area (Å²) in [5, 5.41) is 8.04. The lowest BCUT2D eigenvalue weighted by Gasteiger charge is -2.07. The van der Waals surface area contributed by atoms with Gasteiger partial charge in [-0.05, 0) is 41.2 Å². The van der Waals surface area contributed by atoms with Crippen molar-refractivity contribution in [2.75, 3.05) is 6.54 Å². The number of hydrogen-bond acceptors (Lipinski definition) is 2. The van der Waals surface area contributed by atoms with Crippen molar-refractivity contribution in [1.82, 2.24) is 15.1 Å². The zero-order chi connectivity index (χ0) is 15.0. The lowest BCUT2D eigenvalue weighted by atomic mass is 10.0. The van der Waals surface area contributed by atoms with Gasteiger partial charge in [0.15, 0.2) is 0 Å². The maximum Gasteiger partial charge on any atom is 0.0767 e. The maximum atomic E-state index is 4.51. The normalized spacial score (nSPS) is 11.5. The topological polar surface area (TPSA) is 29.9 Å². The summed E-state index contributed by atoms with van der Waals surface area (Å²) in [5.74, 6) is 0.850. The SMILES string of the molecule is CCc1nn(C)c(CNCCCCCCC(C)C)c1Br. The molecule has 1 heterocycles. The number of nitrogens with zero attached hydrogens (tertiary/aromatic N) is 2. The molecule has 0 saturated carbocycles. The molecule has 0 aliphatic heterocycles. The van der Waals surface area contributed by atoms with E-state index in [-0.39, 0.29) is 0 Å². The molecule has 20 heavy (non-hydrogen) atoms. The van der Waals surface area contributed by atoms with E-state index >= 15 is 0 Å². The van der Waals surface area contributed by atoms with Crippen LogP contribution in [0.2, 0.25) is 0 Å². The third-order valence-corrected chi connectivity index (χ3v) is 4.60. The lowest BCUT2D eigenvalue weighted by Crippen LogP contribution is -2.17. The first-order chi connectivity index (χ1) is 9.56. The molecule has 0 fully saturated rings. The van der Waals surface area contributed by atoms with Gasteiger partial charge in [-0.3, -0.25) is 4.68 Å². The highest BCUT2D eigenvalue weighted by molar-refractivity contribution is 9.10. The first-order valence-corrected chi connectivity index (χ1v) is 8.76. The van der Waals surface area contributed by atoms with Gasteiger partial charge in [-0.2, -0.15) is 5.10 Å². The van der Waals surface area contributed by atoms with Crippen LogP contribution in [0, 0.1) is 5.92 Å². The Hall–Kier alpha value is -0.350. The van der Waals surface area contributed by atoms with Crippen LogP contribution in [-0.2, 0) is 20.0 Å². The van der Waals surface area contributed by atoms with Gasteiger partial charge in [0, 0.05) is 13.6 Å². The van der Waals surface area contributed by atoms with Crippen molar-refractivity contribution in [3.63, 3.8) is 0 Å². The maximum absolute atomic E-state index is 4.51. The highest BCUT2D eigenvalue weighted by Gasteiger charge is 2.11. The van der Waals surface area contributed by atoms with Gasteiger partial charge in [-0.15, -0.1) is 0 Å². The Bertz CT molecular complexity index is 385. The van der Waals surface area contributed by atoms with Gasteiger partial charge in [-0.1, -0.05) is 46.5 Å². The van der Waals surface area contributed by atoms with Gasteiger partial charge in [0.05, 0.1) is 15.9 Å². The summed E-state index contributed by atoms with van der Waals surface area (Å²) >= 11 is 3.66. The molecule has 0 atom stereocenters. The molecule has 0 amide bonds. The molecule has 1 aromatic heterocycles. The molecule has 1 aromatic rings. The first-order valence-electron chi connectivity index (χ1n) is 7.97. The van der Waals surface area contributed by atoms with Crippen molar-refractivity contribution in [2.45, 2.75) is 65.8 Å². The molecule has 0 aliphatic rings. The Kier molecular flexibility index (Phi) is 8.46. The fraction of sp³-hybridized carbons (Fsp3) is 0.812. The summed E-state index contributed by atoms with van der Waals surface area (Å²) < 4.78 is 3.16. The smallest absolute Gasteiger partial charge is 0.0767 e. The Labute approximate surface area is 132 Å². The van der Waals surface area contributed by atoms with Crippen molar-refractivity contribution in [1.29, 1.82) is 0 Å². The second-order valence-corrected chi connectivity index (χ2v) is 6.75. The van der Waals surface area contributed by atoms with Crippen LogP contribution in [0.15, 0.2) is 4.47 Å². The second kappa shape index (κ2) is 9.56. The monoisotopic (exact) mass is 343 g/mol. The van der Waals surface area contributed by atoms with Gasteiger partial charge in [0.1, 0.15) is 0 Å². The van der Waals surface area contributed by atoms with E-state index in [1.54, 1.807) is 0 Å². The molecule has 3 nitrogen and oxygen atoms in total. The van der Waals surface area contributed by atoms with Crippen molar-refractivity contribution >= 4 is 15.9 Å². The minimum atomic E-state index is 0.850. The standard InChI is InChI=1S/C16H30BrN3/c1-5-14-16(17)15(20(4)19-14)12-18-11-9-7-6-8-10-13(2)3/h13,18H,5-12H2,1-4H3. The van der Waals surface area contributed by atoms with E-state index in [4.69, 9.17) is 0 Å². The van der Waals surface area contributed by atoms with Crippen molar-refractivity contribution in [2.24, 2.45) is 13.0 Å². The minimum Gasteiger partial charge on any atom is -0.311 e. The molecule has 0 spiro atoms. The minimum absolute atomic E-state index is 0.850. The Morgan fingerprint density at radius 2 is 1.90 bits per heavy atom. The predicted molar refractivity (Wildman–Crippen MR) is 89.9 cm³/mol.